The first-order valence-corrected chi connectivity index (χ1v) is 5.82. The van der Waals surface area contributed by atoms with E-state index in [-0.39, 0.29) is 6.10 Å². The standard InChI is InChI=1S/C13H17NO/c15-13-8-11-6-7-12(13)14(11)9-10-4-2-1-3-5-10/h1-5,11-13,15H,6-9H2/t11-,12+,13+/m0/s1. The summed E-state index contributed by atoms with van der Waals surface area (Å²) in [5.41, 5.74) is 1.36. The molecule has 0 aliphatic carbocycles. The fraction of sp³-hybridized carbons (Fsp3) is 0.538. The van der Waals surface area contributed by atoms with Crippen LogP contribution in [0.5, 0.6) is 0 Å². The van der Waals surface area contributed by atoms with E-state index in [1.807, 2.05) is 0 Å². The van der Waals surface area contributed by atoms with Gasteiger partial charge in [0.05, 0.1) is 6.10 Å². The van der Waals surface area contributed by atoms with Crippen LogP contribution in [0.2, 0.25) is 0 Å². The quantitative estimate of drug-likeness (QED) is 0.792. The van der Waals surface area contributed by atoms with E-state index in [0.717, 1.165) is 13.0 Å². The molecule has 0 amide bonds. The summed E-state index contributed by atoms with van der Waals surface area (Å²) in [5, 5.41) is 9.83. The average molecular weight is 203 g/mol. The summed E-state index contributed by atoms with van der Waals surface area (Å²) in [6, 6.07) is 11.6. The lowest BCUT2D eigenvalue weighted by Gasteiger charge is -2.22. The summed E-state index contributed by atoms with van der Waals surface area (Å²) >= 11 is 0. The zero-order valence-corrected chi connectivity index (χ0v) is 8.84. The number of rotatable bonds is 2. The van der Waals surface area contributed by atoms with E-state index in [2.05, 4.69) is 35.2 Å². The lowest BCUT2D eigenvalue weighted by Crippen LogP contribution is -2.31. The van der Waals surface area contributed by atoms with Crippen LogP contribution in [-0.4, -0.2) is 28.2 Å². The normalized spacial score (nSPS) is 34.9. The van der Waals surface area contributed by atoms with E-state index in [1.54, 1.807) is 0 Å². The molecule has 80 valence electrons. The maximum Gasteiger partial charge on any atom is 0.0710 e. The van der Waals surface area contributed by atoms with Crippen LogP contribution in [0.3, 0.4) is 0 Å². The minimum absolute atomic E-state index is 0.0764. The molecule has 1 aromatic carbocycles. The Kier molecular flexibility index (Phi) is 2.26. The SMILES string of the molecule is O[C@@H]1C[C@@H]2CC[C@H]1N2Cc1ccccc1. The Morgan fingerprint density at radius 1 is 1.20 bits per heavy atom. The van der Waals surface area contributed by atoms with Crippen LogP contribution < -0.4 is 0 Å². The number of benzene rings is 1. The lowest BCUT2D eigenvalue weighted by molar-refractivity contribution is 0.119. The van der Waals surface area contributed by atoms with Gasteiger partial charge in [-0.15, -0.1) is 0 Å². The van der Waals surface area contributed by atoms with Crippen molar-refractivity contribution in [3.63, 3.8) is 0 Å². The van der Waals surface area contributed by atoms with Crippen LogP contribution in [-0.2, 0) is 6.54 Å². The summed E-state index contributed by atoms with van der Waals surface area (Å²) in [6.07, 6.45) is 3.36. The molecule has 3 rings (SSSR count). The van der Waals surface area contributed by atoms with Crippen molar-refractivity contribution >= 4 is 0 Å². The Morgan fingerprint density at radius 2 is 2.00 bits per heavy atom. The minimum atomic E-state index is -0.0764. The van der Waals surface area contributed by atoms with Gasteiger partial charge in [0, 0.05) is 18.6 Å². The van der Waals surface area contributed by atoms with Gasteiger partial charge in [-0.25, -0.2) is 0 Å². The maximum atomic E-state index is 9.83. The fourth-order valence-electron chi connectivity index (χ4n) is 3.11. The maximum absolute atomic E-state index is 9.83. The van der Waals surface area contributed by atoms with E-state index in [9.17, 15) is 5.11 Å². The Morgan fingerprint density at radius 3 is 2.60 bits per heavy atom. The number of aliphatic hydroxyl groups excluding tert-OH is 1. The topological polar surface area (TPSA) is 23.5 Å². The van der Waals surface area contributed by atoms with Gasteiger partial charge < -0.3 is 5.11 Å². The summed E-state index contributed by atoms with van der Waals surface area (Å²) < 4.78 is 0. The first-order chi connectivity index (χ1) is 7.34. The molecule has 1 aromatic rings. The second-order valence-electron chi connectivity index (χ2n) is 4.76. The number of nitrogens with zero attached hydrogens (tertiary/aromatic N) is 1. The van der Waals surface area contributed by atoms with Gasteiger partial charge in [-0.2, -0.15) is 0 Å². The first-order valence-electron chi connectivity index (χ1n) is 5.82. The molecule has 2 saturated heterocycles. The molecule has 0 radical (unpaired) electrons. The number of aliphatic hydroxyl groups is 1. The Labute approximate surface area is 90.5 Å². The van der Waals surface area contributed by atoms with Crippen molar-refractivity contribution in [1.82, 2.24) is 4.90 Å². The second-order valence-corrected chi connectivity index (χ2v) is 4.76. The third kappa shape index (κ3) is 1.58. The van der Waals surface area contributed by atoms with Crippen molar-refractivity contribution in [2.24, 2.45) is 0 Å². The largest absolute Gasteiger partial charge is 0.391 e. The number of hydrogen-bond donors (Lipinski definition) is 1. The minimum Gasteiger partial charge on any atom is -0.391 e. The molecule has 3 atom stereocenters. The summed E-state index contributed by atoms with van der Waals surface area (Å²) in [7, 11) is 0. The Hall–Kier alpha value is -0.860. The monoisotopic (exact) mass is 203 g/mol. The Bertz CT molecular complexity index is 338. The molecule has 2 bridgehead atoms. The highest BCUT2D eigenvalue weighted by Crippen LogP contribution is 2.38. The summed E-state index contributed by atoms with van der Waals surface area (Å²) in [5.74, 6) is 0. The van der Waals surface area contributed by atoms with Crippen molar-refractivity contribution in [3.05, 3.63) is 35.9 Å². The highest BCUT2D eigenvalue weighted by molar-refractivity contribution is 5.16. The van der Waals surface area contributed by atoms with Gasteiger partial charge in [0.25, 0.3) is 0 Å². The van der Waals surface area contributed by atoms with Gasteiger partial charge in [0.1, 0.15) is 0 Å². The molecule has 2 aliphatic rings. The molecule has 1 N–H and O–H groups in total. The van der Waals surface area contributed by atoms with Gasteiger partial charge in [0.15, 0.2) is 0 Å². The van der Waals surface area contributed by atoms with Crippen molar-refractivity contribution < 1.29 is 5.11 Å². The molecule has 2 heteroatoms. The highest BCUT2D eigenvalue weighted by atomic mass is 16.3. The van der Waals surface area contributed by atoms with Crippen molar-refractivity contribution in [1.29, 1.82) is 0 Å². The van der Waals surface area contributed by atoms with Gasteiger partial charge in [-0.3, -0.25) is 4.90 Å². The lowest BCUT2D eigenvalue weighted by atomic mass is 9.98. The van der Waals surface area contributed by atoms with Gasteiger partial charge >= 0.3 is 0 Å². The smallest absolute Gasteiger partial charge is 0.0710 e. The fourth-order valence-corrected chi connectivity index (χ4v) is 3.11. The zero-order valence-electron chi connectivity index (χ0n) is 8.84. The van der Waals surface area contributed by atoms with Crippen LogP contribution in [0, 0.1) is 0 Å². The molecule has 0 spiro atoms. The number of fused-ring (bicyclic) bond motifs is 2. The molecule has 0 saturated carbocycles. The first kappa shape index (κ1) is 9.37. The van der Waals surface area contributed by atoms with E-state index in [1.165, 1.54) is 18.4 Å². The molecule has 2 heterocycles. The van der Waals surface area contributed by atoms with E-state index in [4.69, 9.17) is 0 Å². The van der Waals surface area contributed by atoms with Crippen LogP contribution in [0.25, 0.3) is 0 Å². The molecular weight excluding hydrogens is 186 g/mol. The van der Waals surface area contributed by atoms with E-state index >= 15 is 0 Å². The van der Waals surface area contributed by atoms with E-state index in [0.29, 0.717) is 12.1 Å². The molecule has 15 heavy (non-hydrogen) atoms. The summed E-state index contributed by atoms with van der Waals surface area (Å²) in [4.78, 5) is 2.49. The highest BCUT2D eigenvalue weighted by Gasteiger charge is 2.44. The molecule has 2 nitrogen and oxygen atoms in total. The molecule has 0 aromatic heterocycles. The molecule has 2 fully saturated rings. The summed E-state index contributed by atoms with van der Waals surface area (Å²) in [6.45, 7) is 1.01. The zero-order chi connectivity index (χ0) is 10.3. The predicted octanol–water partition coefficient (Wildman–Crippen LogP) is 1.78. The molecular formula is C13H17NO. The van der Waals surface area contributed by atoms with Crippen LogP contribution in [0.15, 0.2) is 30.3 Å². The van der Waals surface area contributed by atoms with Crippen molar-refractivity contribution in [3.8, 4) is 0 Å². The number of hydrogen-bond acceptors (Lipinski definition) is 2. The molecule has 0 unspecified atom stereocenters. The van der Waals surface area contributed by atoms with Gasteiger partial charge in [-0.05, 0) is 24.8 Å². The van der Waals surface area contributed by atoms with E-state index < -0.39 is 0 Å². The van der Waals surface area contributed by atoms with Crippen LogP contribution in [0.4, 0.5) is 0 Å². The van der Waals surface area contributed by atoms with Crippen molar-refractivity contribution in [2.75, 3.05) is 0 Å². The third-order valence-corrected chi connectivity index (χ3v) is 3.86. The average Bonchev–Trinajstić information content (AvgIpc) is 2.76. The Balaban J connectivity index is 1.75. The van der Waals surface area contributed by atoms with Gasteiger partial charge in [-0.1, -0.05) is 30.3 Å². The molecule has 2 aliphatic heterocycles. The predicted molar refractivity (Wildman–Crippen MR) is 59.4 cm³/mol. The van der Waals surface area contributed by atoms with Crippen LogP contribution in [0.1, 0.15) is 24.8 Å². The third-order valence-electron chi connectivity index (χ3n) is 3.86. The van der Waals surface area contributed by atoms with Gasteiger partial charge in [0.2, 0.25) is 0 Å². The second kappa shape index (κ2) is 3.62. The van der Waals surface area contributed by atoms with Crippen LogP contribution >= 0.6 is 0 Å². The van der Waals surface area contributed by atoms with Crippen molar-refractivity contribution in [2.45, 2.75) is 44.0 Å².